The third-order valence-corrected chi connectivity index (χ3v) is 4.61. The summed E-state index contributed by atoms with van der Waals surface area (Å²) in [5.74, 6) is -0.157. The first-order chi connectivity index (χ1) is 15.1. The van der Waals surface area contributed by atoms with Crippen molar-refractivity contribution in [3.8, 4) is 5.69 Å². The van der Waals surface area contributed by atoms with Crippen LogP contribution in [0.15, 0.2) is 24.5 Å². The van der Waals surface area contributed by atoms with Gasteiger partial charge < -0.3 is 19.3 Å². The van der Waals surface area contributed by atoms with Crippen molar-refractivity contribution < 1.29 is 24.0 Å². The molecule has 0 saturated carbocycles. The van der Waals surface area contributed by atoms with Crippen molar-refractivity contribution in [2.24, 2.45) is 0 Å². The molecular weight excluding hydrogens is 420 g/mol. The topological polar surface area (TPSA) is 133 Å². The number of esters is 1. The van der Waals surface area contributed by atoms with Gasteiger partial charge in [-0.3, -0.25) is 10.1 Å². The number of ether oxygens (including phenoxy) is 2. The van der Waals surface area contributed by atoms with Crippen LogP contribution < -0.4 is 4.90 Å². The molecule has 2 aromatic rings. The van der Waals surface area contributed by atoms with Crippen LogP contribution in [0.25, 0.3) is 5.69 Å². The first-order valence-corrected chi connectivity index (χ1v) is 10.2. The lowest BCUT2D eigenvalue weighted by Gasteiger charge is -2.36. The van der Waals surface area contributed by atoms with E-state index in [0.717, 1.165) is 6.20 Å². The van der Waals surface area contributed by atoms with Crippen LogP contribution in [0.3, 0.4) is 0 Å². The number of anilines is 1. The van der Waals surface area contributed by atoms with Gasteiger partial charge in [0.25, 0.3) is 0 Å². The Hall–Kier alpha value is -3.70. The molecule has 0 aromatic carbocycles. The molecule has 0 unspecified atom stereocenters. The number of rotatable bonds is 5. The summed E-state index contributed by atoms with van der Waals surface area (Å²) in [6, 6.07) is 3.46. The van der Waals surface area contributed by atoms with Crippen LogP contribution in [0, 0.1) is 10.1 Å². The molecule has 1 aliphatic rings. The number of hydrogen-bond donors (Lipinski definition) is 0. The molecule has 0 aliphatic carbocycles. The molecule has 0 atom stereocenters. The molecule has 0 spiro atoms. The lowest BCUT2D eigenvalue weighted by molar-refractivity contribution is -0.385. The average Bonchev–Trinajstić information content (AvgIpc) is 3.19. The molecule has 3 heterocycles. The number of carbonyl (C=O) groups is 2. The predicted molar refractivity (Wildman–Crippen MR) is 114 cm³/mol. The monoisotopic (exact) mass is 446 g/mol. The van der Waals surface area contributed by atoms with Gasteiger partial charge in [0.2, 0.25) is 5.69 Å². The molecule has 1 amide bonds. The van der Waals surface area contributed by atoms with E-state index >= 15 is 0 Å². The smallest absolute Gasteiger partial charge is 0.410 e. The van der Waals surface area contributed by atoms with E-state index in [9.17, 15) is 19.7 Å². The highest BCUT2D eigenvalue weighted by Crippen LogP contribution is 2.22. The Labute approximate surface area is 184 Å². The van der Waals surface area contributed by atoms with Crippen molar-refractivity contribution in [2.45, 2.75) is 33.3 Å². The molecule has 32 heavy (non-hydrogen) atoms. The molecule has 3 rings (SSSR count). The first-order valence-electron chi connectivity index (χ1n) is 10.2. The number of amides is 1. The van der Waals surface area contributed by atoms with E-state index in [2.05, 4.69) is 10.1 Å². The van der Waals surface area contributed by atoms with Crippen molar-refractivity contribution >= 4 is 23.6 Å². The van der Waals surface area contributed by atoms with Crippen LogP contribution in [-0.4, -0.2) is 75.0 Å². The van der Waals surface area contributed by atoms with Gasteiger partial charge in [0.05, 0.1) is 23.4 Å². The summed E-state index contributed by atoms with van der Waals surface area (Å²) in [6.07, 6.45) is 2.34. The molecule has 2 aromatic heterocycles. The van der Waals surface area contributed by atoms with Gasteiger partial charge in [0, 0.05) is 26.2 Å². The van der Waals surface area contributed by atoms with Crippen LogP contribution in [0.2, 0.25) is 0 Å². The second-order valence-corrected chi connectivity index (χ2v) is 8.11. The Kier molecular flexibility index (Phi) is 6.61. The van der Waals surface area contributed by atoms with Gasteiger partial charge in [0.15, 0.2) is 0 Å². The fourth-order valence-corrected chi connectivity index (χ4v) is 3.12. The Morgan fingerprint density at radius 2 is 1.88 bits per heavy atom. The fourth-order valence-electron chi connectivity index (χ4n) is 3.12. The summed E-state index contributed by atoms with van der Waals surface area (Å²) in [5, 5.41) is 15.3. The zero-order valence-electron chi connectivity index (χ0n) is 18.5. The van der Waals surface area contributed by atoms with Crippen LogP contribution >= 0.6 is 0 Å². The number of carbonyl (C=O) groups excluding carboxylic acids is 2. The van der Waals surface area contributed by atoms with E-state index in [1.807, 2.05) is 25.7 Å². The van der Waals surface area contributed by atoms with Crippen molar-refractivity contribution in [2.75, 3.05) is 37.7 Å². The Morgan fingerprint density at radius 1 is 1.19 bits per heavy atom. The number of nitrogens with zero attached hydrogens (tertiary/aromatic N) is 6. The second-order valence-electron chi connectivity index (χ2n) is 8.11. The van der Waals surface area contributed by atoms with Crippen molar-refractivity contribution in [3.63, 3.8) is 0 Å². The maximum absolute atomic E-state index is 12.2. The Balaban J connectivity index is 1.69. The first kappa shape index (κ1) is 23.0. The molecule has 12 nitrogen and oxygen atoms in total. The quantitative estimate of drug-likeness (QED) is 0.386. The normalized spacial score (nSPS) is 14.2. The van der Waals surface area contributed by atoms with Crippen LogP contribution in [-0.2, 0) is 9.47 Å². The third-order valence-electron chi connectivity index (χ3n) is 4.61. The van der Waals surface area contributed by atoms with E-state index in [0.29, 0.717) is 37.7 Å². The largest absolute Gasteiger partial charge is 0.461 e. The SMILES string of the molecule is CCOC(=O)c1nn(-c2ccc(N3CCN(C(=O)OC(C)(C)C)CC3)nc2)cc1[N+](=O)[O-]. The van der Waals surface area contributed by atoms with E-state index in [4.69, 9.17) is 9.47 Å². The van der Waals surface area contributed by atoms with Gasteiger partial charge in [-0.15, -0.1) is 0 Å². The Bertz CT molecular complexity index is 989. The average molecular weight is 446 g/mol. The maximum atomic E-state index is 12.2. The van der Waals surface area contributed by atoms with Gasteiger partial charge in [-0.05, 0) is 39.8 Å². The number of pyridine rings is 1. The molecule has 172 valence electrons. The van der Waals surface area contributed by atoms with Gasteiger partial charge in [0.1, 0.15) is 17.6 Å². The zero-order chi connectivity index (χ0) is 23.5. The van der Waals surface area contributed by atoms with Crippen molar-refractivity contribution in [1.82, 2.24) is 19.7 Å². The molecular formula is C20H26N6O6. The van der Waals surface area contributed by atoms with Gasteiger partial charge >= 0.3 is 17.7 Å². The van der Waals surface area contributed by atoms with Gasteiger partial charge in [-0.1, -0.05) is 0 Å². The van der Waals surface area contributed by atoms with Crippen LogP contribution in [0.1, 0.15) is 38.2 Å². The highest BCUT2D eigenvalue weighted by molar-refractivity contribution is 5.91. The lowest BCUT2D eigenvalue weighted by Crippen LogP contribution is -2.50. The number of hydrogen-bond acceptors (Lipinski definition) is 9. The zero-order valence-corrected chi connectivity index (χ0v) is 18.5. The number of aromatic nitrogens is 3. The number of nitro groups is 1. The minimum Gasteiger partial charge on any atom is -0.461 e. The second kappa shape index (κ2) is 9.20. The summed E-state index contributed by atoms with van der Waals surface area (Å²) >= 11 is 0. The highest BCUT2D eigenvalue weighted by atomic mass is 16.6. The van der Waals surface area contributed by atoms with E-state index in [-0.39, 0.29) is 18.4 Å². The molecule has 0 radical (unpaired) electrons. The summed E-state index contributed by atoms with van der Waals surface area (Å²) in [5.41, 5.74) is -0.884. The predicted octanol–water partition coefficient (Wildman–Crippen LogP) is 2.41. The van der Waals surface area contributed by atoms with Gasteiger partial charge in [-0.25, -0.2) is 19.3 Å². The van der Waals surface area contributed by atoms with E-state index in [1.165, 1.54) is 10.9 Å². The van der Waals surface area contributed by atoms with Crippen LogP contribution in [0.4, 0.5) is 16.3 Å². The molecule has 1 fully saturated rings. The van der Waals surface area contributed by atoms with Crippen LogP contribution in [0.5, 0.6) is 0 Å². The van der Waals surface area contributed by atoms with Crippen molar-refractivity contribution in [3.05, 3.63) is 40.3 Å². The Morgan fingerprint density at radius 3 is 2.41 bits per heavy atom. The molecule has 0 bridgehead atoms. The number of piperazine rings is 1. The summed E-state index contributed by atoms with van der Waals surface area (Å²) in [4.78, 5) is 42.9. The summed E-state index contributed by atoms with van der Waals surface area (Å²) in [6.45, 7) is 9.37. The highest BCUT2D eigenvalue weighted by Gasteiger charge is 2.28. The summed E-state index contributed by atoms with van der Waals surface area (Å²) in [7, 11) is 0. The summed E-state index contributed by atoms with van der Waals surface area (Å²) < 4.78 is 11.5. The van der Waals surface area contributed by atoms with Gasteiger partial charge in [-0.2, -0.15) is 5.10 Å². The van der Waals surface area contributed by atoms with E-state index in [1.54, 1.807) is 24.0 Å². The standard InChI is InChI=1S/C20H26N6O6/c1-5-31-18(27)17-15(26(29)30)13-25(22-17)14-6-7-16(21-12-14)23-8-10-24(11-9-23)19(28)32-20(2,3)4/h6-7,12-13H,5,8-11H2,1-4H3. The van der Waals surface area contributed by atoms with E-state index < -0.39 is 22.2 Å². The van der Waals surface area contributed by atoms with Crippen molar-refractivity contribution in [1.29, 1.82) is 0 Å². The molecule has 0 N–H and O–H groups in total. The molecule has 12 heteroatoms. The minimum absolute atomic E-state index is 0.0836. The molecule has 1 aliphatic heterocycles. The molecule has 1 saturated heterocycles. The lowest BCUT2D eigenvalue weighted by atomic mass is 10.2. The third kappa shape index (κ3) is 5.31. The maximum Gasteiger partial charge on any atom is 0.410 e. The minimum atomic E-state index is -0.856. The fraction of sp³-hybridized carbons (Fsp3) is 0.500.